The number of rotatable bonds is 25. The minimum Gasteiger partial charge on any atom is -0.374 e. The molecule has 0 aromatic heterocycles. The van der Waals surface area contributed by atoms with Crippen molar-refractivity contribution in [3.63, 3.8) is 0 Å². The van der Waals surface area contributed by atoms with E-state index in [0.29, 0.717) is 32.7 Å². The first kappa shape index (κ1) is 49.2. The van der Waals surface area contributed by atoms with E-state index >= 15 is 0 Å². The zero-order chi connectivity index (χ0) is 46.0. The molecule has 5 aromatic carbocycles. The molecule has 0 spiro atoms. The lowest BCUT2D eigenvalue weighted by Gasteiger charge is -2.46. The van der Waals surface area contributed by atoms with Crippen LogP contribution in [0.15, 0.2) is 146 Å². The summed E-state index contributed by atoms with van der Waals surface area (Å²) in [7, 11) is 0. The molecule has 0 bridgehead atoms. The van der Waals surface area contributed by atoms with Crippen molar-refractivity contribution in [2.24, 2.45) is 0 Å². The highest BCUT2D eigenvalue weighted by Crippen LogP contribution is 2.35. The molecule has 352 valence electrons. The van der Waals surface area contributed by atoms with E-state index in [1.54, 1.807) is 0 Å². The van der Waals surface area contributed by atoms with E-state index < -0.39 is 48.6 Å². The average Bonchev–Trinajstić information content (AvgIpc) is 3.65. The maximum Gasteiger partial charge on any atom is 0.220 e. The Bertz CT molecular complexity index is 2120. The van der Waals surface area contributed by atoms with Gasteiger partial charge in [0.25, 0.3) is 0 Å². The fraction of sp³-hybridized carbons (Fsp3) is 0.446. The van der Waals surface area contributed by atoms with Crippen LogP contribution in [0.2, 0.25) is 0 Å². The Kier molecular flexibility index (Phi) is 18.9. The summed E-state index contributed by atoms with van der Waals surface area (Å²) in [6, 6.07) is 48.0. The molecule has 2 saturated heterocycles. The van der Waals surface area contributed by atoms with Crippen LogP contribution in [-0.2, 0) is 75.5 Å². The van der Waals surface area contributed by atoms with Crippen molar-refractivity contribution >= 4 is 5.91 Å². The van der Waals surface area contributed by atoms with Crippen molar-refractivity contribution < 1.29 is 42.7 Å². The van der Waals surface area contributed by atoms with Crippen molar-refractivity contribution in [3.05, 3.63) is 179 Å². The topological polar surface area (TPSA) is 103 Å². The van der Waals surface area contributed by atoms with Crippen LogP contribution in [0, 0.1) is 6.92 Å². The predicted molar refractivity (Wildman–Crippen MR) is 255 cm³/mol. The fourth-order valence-electron chi connectivity index (χ4n) is 8.61. The summed E-state index contributed by atoms with van der Waals surface area (Å²) in [5.41, 5.74) is 6.33. The molecule has 10 heteroatoms. The molecule has 7 rings (SSSR count). The van der Waals surface area contributed by atoms with Gasteiger partial charge in [0.05, 0.1) is 51.8 Å². The third-order valence-electron chi connectivity index (χ3n) is 12.1. The second-order valence-corrected chi connectivity index (χ2v) is 18.0. The first-order valence-electron chi connectivity index (χ1n) is 23.8. The Labute approximate surface area is 392 Å². The molecule has 2 aliphatic heterocycles. The van der Waals surface area contributed by atoms with Crippen LogP contribution in [0.5, 0.6) is 0 Å². The number of aryl methyl sites for hydroxylation is 2. The van der Waals surface area contributed by atoms with Crippen LogP contribution in [0.1, 0.15) is 86.3 Å². The summed E-state index contributed by atoms with van der Waals surface area (Å²) in [5, 5.41) is 3.33. The van der Waals surface area contributed by atoms with Crippen molar-refractivity contribution in [1.82, 2.24) is 5.32 Å². The van der Waals surface area contributed by atoms with E-state index in [-0.39, 0.29) is 31.8 Å². The molecule has 1 N–H and O–H groups in total. The largest absolute Gasteiger partial charge is 0.374 e. The third-order valence-corrected chi connectivity index (χ3v) is 12.1. The number of ether oxygens (including phenoxy) is 8. The molecule has 10 nitrogen and oxygen atoms in total. The highest BCUT2D eigenvalue weighted by molar-refractivity contribution is 5.76. The smallest absolute Gasteiger partial charge is 0.220 e. The summed E-state index contributed by atoms with van der Waals surface area (Å²) < 4.78 is 54.4. The molecule has 0 aliphatic carbocycles. The second kappa shape index (κ2) is 25.4. The first-order valence-corrected chi connectivity index (χ1v) is 23.8. The summed E-state index contributed by atoms with van der Waals surface area (Å²) in [6.07, 6.45) is 0.415. The maximum absolute atomic E-state index is 14.0. The Morgan fingerprint density at radius 2 is 1.14 bits per heavy atom. The molecular formula is C56H69NO9. The molecule has 0 saturated carbocycles. The van der Waals surface area contributed by atoms with Crippen molar-refractivity contribution in [2.45, 2.75) is 147 Å². The fourth-order valence-corrected chi connectivity index (χ4v) is 8.61. The van der Waals surface area contributed by atoms with E-state index in [0.717, 1.165) is 53.5 Å². The van der Waals surface area contributed by atoms with Gasteiger partial charge in [0.2, 0.25) is 5.91 Å². The van der Waals surface area contributed by atoms with Gasteiger partial charge in [0.15, 0.2) is 12.1 Å². The van der Waals surface area contributed by atoms with Gasteiger partial charge in [0.1, 0.15) is 30.5 Å². The number of carbonyl (C=O) groups is 1. The van der Waals surface area contributed by atoms with Crippen molar-refractivity contribution in [3.8, 4) is 0 Å². The van der Waals surface area contributed by atoms with Crippen LogP contribution in [0.25, 0.3) is 0 Å². The Morgan fingerprint density at radius 3 is 1.70 bits per heavy atom. The van der Waals surface area contributed by atoms with Gasteiger partial charge in [-0.3, -0.25) is 4.79 Å². The van der Waals surface area contributed by atoms with E-state index in [9.17, 15) is 4.79 Å². The molecule has 6 unspecified atom stereocenters. The van der Waals surface area contributed by atoms with Gasteiger partial charge in [-0.05, 0) is 61.4 Å². The van der Waals surface area contributed by atoms with E-state index in [2.05, 4.69) is 43.4 Å². The molecule has 2 heterocycles. The Hall–Kier alpha value is -4.75. The molecule has 66 heavy (non-hydrogen) atoms. The van der Waals surface area contributed by atoms with Gasteiger partial charge in [-0.1, -0.05) is 177 Å². The van der Waals surface area contributed by atoms with Crippen LogP contribution in [-0.4, -0.2) is 73.9 Å². The number of carbonyl (C=O) groups excluding carboxylic acids is 1. The SMILES string of the molecule is CCCCCC1OC(C)(C)O[C@H]1[C@H](COC1OC(COCc2ccccc2)C(OCc2ccccc2)C(OCc2ccccc2)C1OCc1ccccc1)NC(=O)CCc1ccc(C)cc1. The minimum absolute atomic E-state index is 0.0546. The number of amides is 1. The summed E-state index contributed by atoms with van der Waals surface area (Å²) in [6.45, 7) is 9.62. The molecule has 0 radical (unpaired) electrons. The normalized spacial score (nSPS) is 23.1. The lowest BCUT2D eigenvalue weighted by atomic mass is 9.97. The zero-order valence-corrected chi connectivity index (χ0v) is 39.1. The van der Waals surface area contributed by atoms with Crippen LogP contribution in [0.4, 0.5) is 0 Å². The average molecular weight is 900 g/mol. The van der Waals surface area contributed by atoms with Gasteiger partial charge >= 0.3 is 0 Å². The molecule has 5 aromatic rings. The van der Waals surface area contributed by atoms with Crippen LogP contribution < -0.4 is 5.32 Å². The first-order chi connectivity index (χ1) is 32.2. The number of hydrogen-bond acceptors (Lipinski definition) is 9. The number of benzene rings is 5. The monoisotopic (exact) mass is 899 g/mol. The van der Waals surface area contributed by atoms with Crippen LogP contribution >= 0.6 is 0 Å². The molecule has 1 amide bonds. The second-order valence-electron chi connectivity index (χ2n) is 18.0. The van der Waals surface area contributed by atoms with E-state index in [1.165, 1.54) is 5.56 Å². The van der Waals surface area contributed by atoms with E-state index in [4.69, 9.17) is 37.9 Å². The van der Waals surface area contributed by atoms with Crippen molar-refractivity contribution in [1.29, 1.82) is 0 Å². The molecule has 2 fully saturated rings. The summed E-state index contributed by atoms with van der Waals surface area (Å²) in [4.78, 5) is 14.0. The van der Waals surface area contributed by atoms with Crippen LogP contribution in [0.3, 0.4) is 0 Å². The highest BCUT2D eigenvalue weighted by atomic mass is 16.8. The summed E-state index contributed by atoms with van der Waals surface area (Å²) in [5.74, 6) is -0.951. The van der Waals surface area contributed by atoms with Crippen molar-refractivity contribution in [2.75, 3.05) is 13.2 Å². The molecule has 8 atom stereocenters. The number of hydrogen-bond donors (Lipinski definition) is 1. The molecule has 2 aliphatic rings. The quantitative estimate of drug-likeness (QED) is 0.0574. The lowest BCUT2D eigenvalue weighted by Crippen LogP contribution is -2.62. The highest BCUT2D eigenvalue weighted by Gasteiger charge is 2.51. The van der Waals surface area contributed by atoms with Gasteiger partial charge in [0, 0.05) is 6.42 Å². The number of unbranched alkanes of at least 4 members (excludes halogenated alkanes) is 2. The predicted octanol–water partition coefficient (Wildman–Crippen LogP) is 10.2. The van der Waals surface area contributed by atoms with Gasteiger partial charge < -0.3 is 43.2 Å². The minimum atomic E-state index is -0.961. The number of nitrogens with one attached hydrogen (secondary N) is 1. The maximum atomic E-state index is 14.0. The lowest BCUT2D eigenvalue weighted by molar-refractivity contribution is -0.329. The Balaban J connectivity index is 1.20. The summed E-state index contributed by atoms with van der Waals surface area (Å²) >= 11 is 0. The van der Waals surface area contributed by atoms with Gasteiger partial charge in [-0.15, -0.1) is 0 Å². The third kappa shape index (κ3) is 15.1. The van der Waals surface area contributed by atoms with E-state index in [1.807, 2.05) is 135 Å². The Morgan fingerprint density at radius 1 is 0.606 bits per heavy atom. The zero-order valence-electron chi connectivity index (χ0n) is 39.1. The molecular weight excluding hydrogens is 831 g/mol. The standard InChI is InChI=1S/C56H69NO9/c1-5-6-11-28-48-51(66-56(3,4)65-48)47(57-50(58)34-33-42-31-29-41(2)30-32-42)39-63-55-54(62-38-46-26-18-10-19-27-46)53(61-37-45-24-16-9-17-25-45)52(60-36-44-22-14-8-15-23-44)49(64-55)40-59-35-43-20-12-7-13-21-43/h7-10,12-27,29-32,47-49,51-55H,5-6,11,28,33-40H2,1-4H3,(H,57,58)/t47-,48?,49?,51-,52?,53?,54?,55?/m0/s1. The van der Waals surface area contributed by atoms with Gasteiger partial charge in [-0.25, -0.2) is 0 Å². The van der Waals surface area contributed by atoms with Gasteiger partial charge in [-0.2, -0.15) is 0 Å².